The van der Waals surface area contributed by atoms with Crippen molar-refractivity contribution in [2.75, 3.05) is 13.2 Å². The second kappa shape index (κ2) is 8.50. The van der Waals surface area contributed by atoms with E-state index in [0.29, 0.717) is 24.3 Å². The molecule has 0 unspecified atom stereocenters. The number of hydrogen-bond acceptors (Lipinski definition) is 5. The molecule has 1 saturated heterocycles. The monoisotopic (exact) mass is 393 g/mol. The maximum atomic E-state index is 12.5. The van der Waals surface area contributed by atoms with Crippen molar-refractivity contribution in [2.45, 2.75) is 58.1 Å². The second-order valence-electron chi connectivity index (χ2n) is 7.80. The molecular formula is C20H27NO7. The van der Waals surface area contributed by atoms with Crippen LogP contribution in [-0.4, -0.2) is 57.9 Å². The van der Waals surface area contributed by atoms with Gasteiger partial charge in [0, 0.05) is 12.5 Å². The molecule has 0 radical (unpaired) electrons. The molecule has 0 saturated carbocycles. The van der Waals surface area contributed by atoms with Gasteiger partial charge in [0.05, 0.1) is 12.2 Å². The summed E-state index contributed by atoms with van der Waals surface area (Å²) >= 11 is 0. The van der Waals surface area contributed by atoms with Crippen molar-refractivity contribution in [3.8, 4) is 5.75 Å². The van der Waals surface area contributed by atoms with Crippen LogP contribution in [0.15, 0.2) is 18.2 Å². The predicted molar refractivity (Wildman–Crippen MR) is 101 cm³/mol. The van der Waals surface area contributed by atoms with Gasteiger partial charge in [0.15, 0.2) is 0 Å². The van der Waals surface area contributed by atoms with Crippen LogP contribution in [0.3, 0.4) is 0 Å². The number of rotatable bonds is 6. The average Bonchev–Trinajstić information content (AvgIpc) is 3.03. The van der Waals surface area contributed by atoms with Gasteiger partial charge in [-0.3, -0.25) is 4.90 Å². The largest absolute Gasteiger partial charge is 0.494 e. The zero-order chi connectivity index (χ0) is 21.1. The first kappa shape index (κ1) is 21.5. The van der Waals surface area contributed by atoms with Gasteiger partial charge in [-0.25, -0.2) is 14.4 Å². The fourth-order valence-corrected chi connectivity index (χ4v) is 3.24. The van der Waals surface area contributed by atoms with Gasteiger partial charge in [0.25, 0.3) is 0 Å². The molecule has 8 nitrogen and oxygen atoms in total. The molecule has 2 N–H and O–H groups in total. The normalized spacial score (nSPS) is 19.4. The van der Waals surface area contributed by atoms with E-state index in [9.17, 15) is 24.6 Å². The Kier molecular flexibility index (Phi) is 6.53. The minimum atomic E-state index is -1.16. The fourth-order valence-electron chi connectivity index (χ4n) is 3.24. The van der Waals surface area contributed by atoms with Crippen molar-refractivity contribution >= 4 is 18.0 Å². The fraction of sp³-hybridized carbons (Fsp3) is 0.550. The van der Waals surface area contributed by atoms with E-state index in [1.165, 1.54) is 17.0 Å². The smallest absolute Gasteiger partial charge is 0.411 e. The van der Waals surface area contributed by atoms with Crippen molar-refractivity contribution in [1.82, 2.24) is 4.90 Å². The van der Waals surface area contributed by atoms with Gasteiger partial charge in [-0.1, -0.05) is 6.92 Å². The van der Waals surface area contributed by atoms with Crippen LogP contribution in [0.1, 0.15) is 62.4 Å². The summed E-state index contributed by atoms with van der Waals surface area (Å²) in [5.41, 5.74) is -0.212. The Hall–Kier alpha value is -2.77. The first-order valence-electron chi connectivity index (χ1n) is 9.27. The molecule has 2 rings (SSSR count). The number of carboxylic acid groups (broad SMARTS) is 2. The first-order valence-corrected chi connectivity index (χ1v) is 9.27. The summed E-state index contributed by atoms with van der Waals surface area (Å²) in [4.78, 5) is 37.1. The Balaban J connectivity index is 2.37. The van der Waals surface area contributed by atoms with Gasteiger partial charge in [0.2, 0.25) is 0 Å². The summed E-state index contributed by atoms with van der Waals surface area (Å²) in [6.45, 7) is 7.68. The van der Waals surface area contributed by atoms with Crippen LogP contribution in [0.4, 0.5) is 4.79 Å². The number of ether oxygens (including phenoxy) is 2. The van der Waals surface area contributed by atoms with Crippen LogP contribution in [0.25, 0.3) is 0 Å². The van der Waals surface area contributed by atoms with Crippen LogP contribution < -0.4 is 4.74 Å². The zero-order valence-corrected chi connectivity index (χ0v) is 16.6. The average molecular weight is 393 g/mol. The van der Waals surface area contributed by atoms with Crippen molar-refractivity contribution in [3.05, 3.63) is 29.3 Å². The molecule has 1 aliphatic rings. The molecule has 1 aliphatic heterocycles. The molecule has 0 spiro atoms. The lowest BCUT2D eigenvalue weighted by molar-refractivity contribution is -0.142. The minimum absolute atomic E-state index is 0.0171. The highest BCUT2D eigenvalue weighted by Crippen LogP contribution is 2.36. The van der Waals surface area contributed by atoms with E-state index in [2.05, 4.69) is 0 Å². The van der Waals surface area contributed by atoms with Gasteiger partial charge in [-0.05, 0) is 57.4 Å². The Bertz CT molecular complexity index is 753. The van der Waals surface area contributed by atoms with Gasteiger partial charge >= 0.3 is 18.0 Å². The molecule has 154 valence electrons. The number of carbonyl (C=O) groups is 3. The number of hydrogen-bond donors (Lipinski definition) is 2. The standard InChI is InChI=1S/C20H27NO7/c1-5-8-27-14-10-12(9-13(11-14)17(22)23)15-6-7-21(16(15)18(24)25)19(26)28-20(2,3)4/h9-11,15-16H,5-8H2,1-4H3,(H,22,23)(H,24,25)/t15-,16+/m1/s1. The molecule has 0 aliphatic carbocycles. The third-order valence-corrected chi connectivity index (χ3v) is 4.36. The highest BCUT2D eigenvalue weighted by atomic mass is 16.6. The third kappa shape index (κ3) is 5.15. The molecule has 1 fully saturated rings. The molecule has 1 heterocycles. The van der Waals surface area contributed by atoms with E-state index < -0.39 is 35.6 Å². The van der Waals surface area contributed by atoms with Crippen LogP contribution in [0.5, 0.6) is 5.75 Å². The van der Waals surface area contributed by atoms with Crippen molar-refractivity contribution in [2.24, 2.45) is 0 Å². The molecule has 1 aromatic rings. The molecule has 0 bridgehead atoms. The zero-order valence-electron chi connectivity index (χ0n) is 16.6. The Morgan fingerprint density at radius 2 is 1.86 bits per heavy atom. The molecule has 28 heavy (non-hydrogen) atoms. The lowest BCUT2D eigenvalue weighted by Crippen LogP contribution is -2.45. The summed E-state index contributed by atoms with van der Waals surface area (Å²) in [5.74, 6) is -2.48. The highest BCUT2D eigenvalue weighted by Gasteiger charge is 2.44. The van der Waals surface area contributed by atoms with E-state index >= 15 is 0 Å². The number of likely N-dealkylation sites (tertiary alicyclic amines) is 1. The van der Waals surface area contributed by atoms with Gasteiger partial charge in [-0.2, -0.15) is 0 Å². The van der Waals surface area contributed by atoms with E-state index in [4.69, 9.17) is 9.47 Å². The van der Waals surface area contributed by atoms with Crippen molar-refractivity contribution < 1.29 is 34.1 Å². The second-order valence-corrected chi connectivity index (χ2v) is 7.80. The van der Waals surface area contributed by atoms with Gasteiger partial charge < -0.3 is 19.7 Å². The number of aromatic carboxylic acids is 1. The summed E-state index contributed by atoms with van der Waals surface area (Å²) in [7, 11) is 0. The summed E-state index contributed by atoms with van der Waals surface area (Å²) in [6, 6.07) is 3.37. The number of benzene rings is 1. The highest BCUT2D eigenvalue weighted by molar-refractivity contribution is 5.89. The van der Waals surface area contributed by atoms with E-state index in [1.54, 1.807) is 26.8 Å². The number of carboxylic acids is 2. The molecular weight excluding hydrogens is 366 g/mol. The van der Waals surface area contributed by atoms with E-state index in [-0.39, 0.29) is 12.1 Å². The Morgan fingerprint density at radius 3 is 2.39 bits per heavy atom. The Morgan fingerprint density at radius 1 is 1.18 bits per heavy atom. The van der Waals surface area contributed by atoms with Crippen LogP contribution in [0, 0.1) is 0 Å². The maximum absolute atomic E-state index is 12.5. The van der Waals surface area contributed by atoms with Crippen LogP contribution >= 0.6 is 0 Å². The third-order valence-electron chi connectivity index (χ3n) is 4.36. The SMILES string of the molecule is CCCOc1cc(C(=O)O)cc([C@H]2CCN(C(=O)OC(C)(C)C)[C@@H]2C(=O)O)c1. The summed E-state index contributed by atoms with van der Waals surface area (Å²) in [6.07, 6.45) is 0.437. The predicted octanol–water partition coefficient (Wildman–Crippen LogP) is 3.35. The molecule has 0 aromatic heterocycles. The van der Waals surface area contributed by atoms with Crippen LogP contribution in [-0.2, 0) is 9.53 Å². The van der Waals surface area contributed by atoms with Gasteiger partial charge in [-0.15, -0.1) is 0 Å². The van der Waals surface area contributed by atoms with Crippen molar-refractivity contribution in [3.63, 3.8) is 0 Å². The molecule has 1 aromatic carbocycles. The van der Waals surface area contributed by atoms with Crippen LogP contribution in [0.2, 0.25) is 0 Å². The quantitative estimate of drug-likeness (QED) is 0.762. The van der Waals surface area contributed by atoms with E-state index in [1.807, 2.05) is 6.92 Å². The first-order chi connectivity index (χ1) is 13.0. The number of aliphatic carboxylic acids is 1. The number of carbonyl (C=O) groups excluding carboxylic acids is 1. The topological polar surface area (TPSA) is 113 Å². The Labute approximate surface area is 164 Å². The molecule has 2 atom stereocenters. The van der Waals surface area contributed by atoms with Gasteiger partial charge in [0.1, 0.15) is 17.4 Å². The molecule has 1 amide bonds. The number of nitrogens with zero attached hydrogens (tertiary/aromatic N) is 1. The summed E-state index contributed by atoms with van der Waals surface area (Å²) < 4.78 is 10.9. The lowest BCUT2D eigenvalue weighted by atomic mass is 9.90. The summed E-state index contributed by atoms with van der Waals surface area (Å²) in [5, 5.41) is 19.1. The minimum Gasteiger partial charge on any atom is -0.494 e. The molecule has 8 heteroatoms. The lowest BCUT2D eigenvalue weighted by Gasteiger charge is -2.28. The van der Waals surface area contributed by atoms with Crippen molar-refractivity contribution in [1.29, 1.82) is 0 Å². The number of amides is 1. The maximum Gasteiger partial charge on any atom is 0.411 e. The van der Waals surface area contributed by atoms with E-state index in [0.717, 1.165) is 6.42 Å².